The van der Waals surface area contributed by atoms with Gasteiger partial charge in [-0.3, -0.25) is 0 Å². The van der Waals surface area contributed by atoms with E-state index in [1.807, 2.05) is 11.8 Å². The number of halogens is 1. The Labute approximate surface area is 93.2 Å². The van der Waals surface area contributed by atoms with Gasteiger partial charge in [-0.25, -0.2) is 0 Å². The lowest BCUT2D eigenvalue weighted by molar-refractivity contribution is 0.750. The number of hydrogen-bond donors (Lipinski definition) is 0. The van der Waals surface area contributed by atoms with Crippen molar-refractivity contribution in [2.24, 2.45) is 5.92 Å². The predicted molar refractivity (Wildman–Crippen MR) is 65.1 cm³/mol. The van der Waals surface area contributed by atoms with E-state index >= 15 is 0 Å². The summed E-state index contributed by atoms with van der Waals surface area (Å²) in [7, 11) is 0. The van der Waals surface area contributed by atoms with Gasteiger partial charge in [0.05, 0.1) is 0 Å². The van der Waals surface area contributed by atoms with E-state index in [4.69, 9.17) is 0 Å². The summed E-state index contributed by atoms with van der Waals surface area (Å²) >= 11 is 5.44. The molecule has 0 heterocycles. The molecule has 0 aromatic heterocycles. The molecule has 1 aromatic rings. The molecule has 72 valence electrons. The fourth-order valence-electron chi connectivity index (χ4n) is 0.993. The molecular formula is C11H15BrS. The Balaban J connectivity index is 2.33. The van der Waals surface area contributed by atoms with Crippen LogP contribution in [0.2, 0.25) is 0 Å². The highest BCUT2D eigenvalue weighted by Crippen LogP contribution is 2.17. The van der Waals surface area contributed by atoms with Gasteiger partial charge in [-0.05, 0) is 29.4 Å². The van der Waals surface area contributed by atoms with Gasteiger partial charge in [0.1, 0.15) is 0 Å². The predicted octanol–water partition coefficient (Wildman–Crippen LogP) is 4.34. The van der Waals surface area contributed by atoms with Crippen LogP contribution < -0.4 is 0 Å². The molecule has 0 unspecified atom stereocenters. The number of hydrogen-bond acceptors (Lipinski definition) is 1. The molecule has 0 aliphatic heterocycles. The lowest BCUT2D eigenvalue weighted by Gasteiger charge is -2.04. The summed E-state index contributed by atoms with van der Waals surface area (Å²) < 4.78 is 1.16. The zero-order chi connectivity index (χ0) is 9.68. The summed E-state index contributed by atoms with van der Waals surface area (Å²) in [5, 5.41) is 0. The van der Waals surface area contributed by atoms with E-state index in [0.717, 1.165) is 16.1 Å². The van der Waals surface area contributed by atoms with Gasteiger partial charge >= 0.3 is 0 Å². The molecule has 2 heteroatoms. The van der Waals surface area contributed by atoms with Crippen molar-refractivity contribution in [3.63, 3.8) is 0 Å². The molecule has 0 atom stereocenters. The van der Waals surface area contributed by atoms with Crippen LogP contribution in [0.15, 0.2) is 28.7 Å². The van der Waals surface area contributed by atoms with E-state index in [1.54, 1.807) is 0 Å². The van der Waals surface area contributed by atoms with E-state index in [1.165, 1.54) is 11.3 Å². The number of rotatable bonds is 4. The summed E-state index contributed by atoms with van der Waals surface area (Å²) in [6.45, 7) is 4.52. The van der Waals surface area contributed by atoms with Crippen LogP contribution in [0.4, 0.5) is 0 Å². The van der Waals surface area contributed by atoms with Crippen LogP contribution in [0, 0.1) is 5.92 Å². The highest BCUT2D eigenvalue weighted by atomic mass is 79.9. The van der Waals surface area contributed by atoms with Crippen LogP contribution in [-0.4, -0.2) is 5.75 Å². The monoisotopic (exact) mass is 258 g/mol. The van der Waals surface area contributed by atoms with E-state index in [0.29, 0.717) is 0 Å². The smallest absolute Gasteiger partial charge is 0.0184 e. The summed E-state index contributed by atoms with van der Waals surface area (Å²) in [6, 6.07) is 8.56. The molecule has 0 nitrogen and oxygen atoms in total. The summed E-state index contributed by atoms with van der Waals surface area (Å²) in [5.41, 5.74) is 1.41. The van der Waals surface area contributed by atoms with E-state index in [9.17, 15) is 0 Å². The van der Waals surface area contributed by atoms with E-state index in [2.05, 4.69) is 54.0 Å². The standard InChI is InChI=1S/C11H15BrS/c1-9(2)7-13-8-10-3-5-11(12)6-4-10/h3-6,9H,7-8H2,1-2H3. The van der Waals surface area contributed by atoms with Gasteiger partial charge in [-0.15, -0.1) is 0 Å². The second-order valence-electron chi connectivity index (χ2n) is 3.54. The van der Waals surface area contributed by atoms with Crippen LogP contribution in [0.5, 0.6) is 0 Å². The third kappa shape index (κ3) is 4.72. The van der Waals surface area contributed by atoms with Crippen molar-refractivity contribution < 1.29 is 0 Å². The van der Waals surface area contributed by atoms with Crippen molar-refractivity contribution in [1.82, 2.24) is 0 Å². The highest BCUT2D eigenvalue weighted by molar-refractivity contribution is 9.10. The molecule has 0 fully saturated rings. The van der Waals surface area contributed by atoms with Gasteiger partial charge in [-0.2, -0.15) is 11.8 Å². The molecule has 0 aliphatic carbocycles. The van der Waals surface area contributed by atoms with Crippen molar-refractivity contribution in [2.45, 2.75) is 19.6 Å². The van der Waals surface area contributed by atoms with Gasteiger partial charge in [0.2, 0.25) is 0 Å². The van der Waals surface area contributed by atoms with E-state index in [-0.39, 0.29) is 0 Å². The fourth-order valence-corrected chi connectivity index (χ4v) is 2.27. The molecule has 0 aliphatic rings. The largest absolute Gasteiger partial charge is 0.157 e. The maximum absolute atomic E-state index is 3.43. The molecule has 0 saturated heterocycles. The lowest BCUT2D eigenvalue weighted by atomic mass is 10.2. The van der Waals surface area contributed by atoms with Gasteiger partial charge < -0.3 is 0 Å². The Kier molecular flexibility index (Phi) is 4.89. The third-order valence-electron chi connectivity index (χ3n) is 1.63. The van der Waals surface area contributed by atoms with Crippen LogP contribution in [0.25, 0.3) is 0 Å². The normalized spacial score (nSPS) is 10.8. The molecule has 0 radical (unpaired) electrons. The third-order valence-corrected chi connectivity index (χ3v) is 3.60. The van der Waals surface area contributed by atoms with Crippen molar-refractivity contribution in [1.29, 1.82) is 0 Å². The quantitative estimate of drug-likeness (QED) is 0.775. The maximum Gasteiger partial charge on any atom is 0.0184 e. The Bertz CT molecular complexity index is 241. The summed E-state index contributed by atoms with van der Waals surface area (Å²) in [4.78, 5) is 0. The summed E-state index contributed by atoms with van der Waals surface area (Å²) in [5.74, 6) is 3.17. The second kappa shape index (κ2) is 5.71. The minimum Gasteiger partial charge on any atom is -0.157 e. The van der Waals surface area contributed by atoms with E-state index < -0.39 is 0 Å². The first-order valence-electron chi connectivity index (χ1n) is 4.50. The Morgan fingerprint density at radius 2 is 1.85 bits per heavy atom. The molecule has 1 rings (SSSR count). The van der Waals surface area contributed by atoms with Gasteiger partial charge in [0.25, 0.3) is 0 Å². The number of benzene rings is 1. The van der Waals surface area contributed by atoms with Crippen LogP contribution in [0.1, 0.15) is 19.4 Å². The van der Waals surface area contributed by atoms with Gasteiger partial charge in [-0.1, -0.05) is 41.9 Å². The molecular weight excluding hydrogens is 244 g/mol. The second-order valence-corrected chi connectivity index (χ2v) is 5.48. The minimum atomic E-state index is 0.792. The molecule has 0 amide bonds. The first kappa shape index (κ1) is 11.1. The number of thioether (sulfide) groups is 1. The minimum absolute atomic E-state index is 0.792. The first-order chi connectivity index (χ1) is 6.18. The Hall–Kier alpha value is 0.0500. The molecule has 1 aromatic carbocycles. The van der Waals surface area contributed by atoms with Crippen molar-refractivity contribution in [2.75, 3.05) is 5.75 Å². The van der Waals surface area contributed by atoms with Gasteiger partial charge in [0, 0.05) is 10.2 Å². The molecule has 0 spiro atoms. The maximum atomic E-state index is 3.43. The highest BCUT2D eigenvalue weighted by Gasteiger charge is 1.96. The Morgan fingerprint density at radius 3 is 2.38 bits per heavy atom. The molecule has 13 heavy (non-hydrogen) atoms. The van der Waals surface area contributed by atoms with Gasteiger partial charge in [0.15, 0.2) is 0 Å². The van der Waals surface area contributed by atoms with Crippen molar-refractivity contribution >= 4 is 27.7 Å². The molecule has 0 bridgehead atoms. The van der Waals surface area contributed by atoms with Crippen LogP contribution >= 0.6 is 27.7 Å². The SMILES string of the molecule is CC(C)CSCc1ccc(Br)cc1. The van der Waals surface area contributed by atoms with Crippen LogP contribution in [0.3, 0.4) is 0 Å². The first-order valence-corrected chi connectivity index (χ1v) is 6.45. The molecule has 0 saturated carbocycles. The molecule has 0 N–H and O–H groups in total. The Morgan fingerprint density at radius 1 is 1.23 bits per heavy atom. The van der Waals surface area contributed by atoms with Crippen molar-refractivity contribution in [3.05, 3.63) is 34.3 Å². The lowest BCUT2D eigenvalue weighted by Crippen LogP contribution is -1.91. The average molecular weight is 259 g/mol. The van der Waals surface area contributed by atoms with Crippen LogP contribution in [-0.2, 0) is 5.75 Å². The summed E-state index contributed by atoms with van der Waals surface area (Å²) in [6.07, 6.45) is 0. The van der Waals surface area contributed by atoms with Crippen molar-refractivity contribution in [3.8, 4) is 0 Å². The zero-order valence-electron chi connectivity index (χ0n) is 8.09. The fraction of sp³-hybridized carbons (Fsp3) is 0.455. The average Bonchev–Trinajstić information content (AvgIpc) is 2.08. The topological polar surface area (TPSA) is 0 Å². The zero-order valence-corrected chi connectivity index (χ0v) is 10.5.